The standard InChI is InChI=1S/C14H22O3/c1-11(2)10-17-14-6-4-3-5-12(14)7-8-13(16)9-15/h3-6,11,13,15-16H,7-10H2,1-2H3. The third-order valence-corrected chi connectivity index (χ3v) is 2.50. The van der Waals surface area contributed by atoms with Crippen molar-refractivity contribution in [2.75, 3.05) is 13.2 Å². The summed E-state index contributed by atoms with van der Waals surface area (Å²) in [4.78, 5) is 0. The number of benzene rings is 1. The molecule has 1 rings (SSSR count). The molecule has 0 bridgehead atoms. The van der Waals surface area contributed by atoms with Crippen molar-refractivity contribution in [2.24, 2.45) is 5.92 Å². The van der Waals surface area contributed by atoms with Gasteiger partial charge in [0.25, 0.3) is 0 Å². The summed E-state index contributed by atoms with van der Waals surface area (Å²) in [7, 11) is 0. The van der Waals surface area contributed by atoms with E-state index in [1.807, 2.05) is 24.3 Å². The Balaban J connectivity index is 2.57. The van der Waals surface area contributed by atoms with Crippen molar-refractivity contribution in [3.8, 4) is 5.75 Å². The monoisotopic (exact) mass is 238 g/mol. The summed E-state index contributed by atoms with van der Waals surface area (Å²) in [5.41, 5.74) is 1.08. The minimum Gasteiger partial charge on any atom is -0.493 e. The summed E-state index contributed by atoms with van der Waals surface area (Å²) >= 11 is 0. The minimum absolute atomic E-state index is 0.185. The molecule has 0 fully saturated rings. The van der Waals surface area contributed by atoms with Crippen molar-refractivity contribution in [2.45, 2.75) is 32.8 Å². The van der Waals surface area contributed by atoms with Crippen LogP contribution in [-0.2, 0) is 6.42 Å². The molecule has 0 radical (unpaired) electrons. The lowest BCUT2D eigenvalue weighted by atomic mass is 10.1. The second kappa shape index (κ2) is 7.30. The highest BCUT2D eigenvalue weighted by Gasteiger charge is 2.07. The van der Waals surface area contributed by atoms with Gasteiger partial charge in [-0.3, -0.25) is 0 Å². The summed E-state index contributed by atoms with van der Waals surface area (Å²) < 4.78 is 5.72. The van der Waals surface area contributed by atoms with Crippen molar-refractivity contribution in [1.29, 1.82) is 0 Å². The molecule has 0 saturated carbocycles. The molecule has 0 aliphatic carbocycles. The summed E-state index contributed by atoms with van der Waals surface area (Å²) in [6, 6.07) is 7.85. The van der Waals surface area contributed by atoms with Crippen LogP contribution in [0.1, 0.15) is 25.8 Å². The Labute approximate surface area is 103 Å². The molecule has 0 aliphatic rings. The van der Waals surface area contributed by atoms with E-state index in [-0.39, 0.29) is 6.61 Å². The first-order valence-corrected chi connectivity index (χ1v) is 6.13. The number of ether oxygens (including phenoxy) is 1. The van der Waals surface area contributed by atoms with Gasteiger partial charge >= 0.3 is 0 Å². The molecular formula is C14H22O3. The molecule has 1 aromatic carbocycles. The number of aliphatic hydroxyl groups excluding tert-OH is 2. The van der Waals surface area contributed by atoms with E-state index >= 15 is 0 Å². The Morgan fingerprint density at radius 1 is 1.24 bits per heavy atom. The maximum absolute atomic E-state index is 9.34. The Bertz CT molecular complexity index is 323. The normalized spacial score (nSPS) is 12.8. The molecule has 1 unspecified atom stereocenters. The van der Waals surface area contributed by atoms with Crippen LogP contribution >= 0.6 is 0 Å². The molecule has 0 saturated heterocycles. The molecule has 1 aromatic rings. The summed E-state index contributed by atoms with van der Waals surface area (Å²) in [5, 5.41) is 18.1. The van der Waals surface area contributed by atoms with E-state index in [1.165, 1.54) is 0 Å². The predicted molar refractivity (Wildman–Crippen MR) is 68.2 cm³/mol. The highest BCUT2D eigenvalue weighted by atomic mass is 16.5. The molecule has 17 heavy (non-hydrogen) atoms. The molecule has 2 N–H and O–H groups in total. The predicted octanol–water partition coefficient (Wildman–Crippen LogP) is 2.01. The zero-order valence-electron chi connectivity index (χ0n) is 10.6. The number of rotatable bonds is 7. The number of aryl methyl sites for hydroxylation is 1. The molecular weight excluding hydrogens is 216 g/mol. The number of hydrogen-bond acceptors (Lipinski definition) is 3. The SMILES string of the molecule is CC(C)COc1ccccc1CCC(O)CO. The van der Waals surface area contributed by atoms with E-state index in [4.69, 9.17) is 9.84 Å². The third kappa shape index (κ3) is 5.20. The van der Waals surface area contributed by atoms with Gasteiger partial charge in [-0.15, -0.1) is 0 Å². The minimum atomic E-state index is -0.645. The van der Waals surface area contributed by atoms with Gasteiger partial charge < -0.3 is 14.9 Å². The Hall–Kier alpha value is -1.06. The average Bonchev–Trinajstić information content (AvgIpc) is 2.34. The molecule has 1 atom stereocenters. The van der Waals surface area contributed by atoms with Crippen molar-refractivity contribution < 1.29 is 14.9 Å². The van der Waals surface area contributed by atoms with Gasteiger partial charge in [0, 0.05) is 0 Å². The van der Waals surface area contributed by atoms with Crippen LogP contribution in [0.3, 0.4) is 0 Å². The lowest BCUT2D eigenvalue weighted by Crippen LogP contribution is -2.13. The van der Waals surface area contributed by atoms with Crippen LogP contribution in [0.4, 0.5) is 0 Å². The van der Waals surface area contributed by atoms with E-state index in [0.29, 0.717) is 18.9 Å². The first kappa shape index (κ1) is 14.0. The average molecular weight is 238 g/mol. The van der Waals surface area contributed by atoms with Gasteiger partial charge in [0.1, 0.15) is 5.75 Å². The van der Waals surface area contributed by atoms with Crippen LogP contribution < -0.4 is 4.74 Å². The molecule has 3 heteroatoms. The molecule has 0 amide bonds. The largest absolute Gasteiger partial charge is 0.493 e. The fourth-order valence-electron chi connectivity index (χ4n) is 1.52. The van der Waals surface area contributed by atoms with Crippen molar-refractivity contribution in [1.82, 2.24) is 0 Å². The van der Waals surface area contributed by atoms with Gasteiger partial charge in [0.15, 0.2) is 0 Å². The second-order valence-electron chi connectivity index (χ2n) is 4.69. The van der Waals surface area contributed by atoms with Crippen LogP contribution in [0, 0.1) is 5.92 Å². The van der Waals surface area contributed by atoms with Crippen molar-refractivity contribution >= 4 is 0 Å². The van der Waals surface area contributed by atoms with Crippen molar-refractivity contribution in [3.05, 3.63) is 29.8 Å². The lowest BCUT2D eigenvalue weighted by Gasteiger charge is -2.14. The van der Waals surface area contributed by atoms with Gasteiger partial charge in [-0.25, -0.2) is 0 Å². The smallest absolute Gasteiger partial charge is 0.122 e. The Kier molecular flexibility index (Phi) is 6.01. The van der Waals surface area contributed by atoms with Crippen LogP contribution in [0.15, 0.2) is 24.3 Å². The summed E-state index contributed by atoms with van der Waals surface area (Å²) in [6.45, 7) is 4.73. The highest BCUT2D eigenvalue weighted by Crippen LogP contribution is 2.20. The first-order valence-electron chi connectivity index (χ1n) is 6.13. The third-order valence-electron chi connectivity index (χ3n) is 2.50. The van der Waals surface area contributed by atoms with E-state index in [0.717, 1.165) is 17.7 Å². The van der Waals surface area contributed by atoms with Gasteiger partial charge in [-0.2, -0.15) is 0 Å². The molecule has 3 nitrogen and oxygen atoms in total. The number of hydrogen-bond donors (Lipinski definition) is 2. The quantitative estimate of drug-likeness (QED) is 0.764. The van der Waals surface area contributed by atoms with Gasteiger partial charge in [0.05, 0.1) is 19.3 Å². The fourth-order valence-corrected chi connectivity index (χ4v) is 1.52. The second-order valence-corrected chi connectivity index (χ2v) is 4.69. The summed E-state index contributed by atoms with van der Waals surface area (Å²) in [6.07, 6.45) is 0.627. The Morgan fingerprint density at radius 2 is 1.94 bits per heavy atom. The van der Waals surface area contributed by atoms with Gasteiger partial charge in [-0.1, -0.05) is 32.0 Å². The van der Waals surface area contributed by atoms with E-state index in [1.54, 1.807) is 0 Å². The van der Waals surface area contributed by atoms with E-state index < -0.39 is 6.10 Å². The zero-order valence-corrected chi connectivity index (χ0v) is 10.6. The van der Waals surface area contributed by atoms with Crippen molar-refractivity contribution in [3.63, 3.8) is 0 Å². The highest BCUT2D eigenvalue weighted by molar-refractivity contribution is 5.33. The van der Waals surface area contributed by atoms with Crippen LogP contribution in [0.2, 0.25) is 0 Å². The molecule has 0 spiro atoms. The van der Waals surface area contributed by atoms with Gasteiger partial charge in [0.2, 0.25) is 0 Å². The van der Waals surface area contributed by atoms with Crippen LogP contribution in [-0.4, -0.2) is 29.5 Å². The number of para-hydroxylation sites is 1. The molecule has 0 aliphatic heterocycles. The van der Waals surface area contributed by atoms with E-state index in [2.05, 4.69) is 13.8 Å². The zero-order chi connectivity index (χ0) is 12.7. The topological polar surface area (TPSA) is 49.7 Å². The number of aliphatic hydroxyl groups is 2. The maximum Gasteiger partial charge on any atom is 0.122 e. The lowest BCUT2D eigenvalue weighted by molar-refractivity contribution is 0.0884. The molecule has 0 heterocycles. The fraction of sp³-hybridized carbons (Fsp3) is 0.571. The molecule has 96 valence electrons. The summed E-state index contributed by atoms with van der Waals surface area (Å²) in [5.74, 6) is 1.37. The van der Waals surface area contributed by atoms with E-state index in [9.17, 15) is 5.11 Å². The van der Waals surface area contributed by atoms with Crippen LogP contribution in [0.5, 0.6) is 5.75 Å². The van der Waals surface area contributed by atoms with Gasteiger partial charge in [-0.05, 0) is 30.4 Å². The maximum atomic E-state index is 9.34. The molecule has 0 aromatic heterocycles. The first-order chi connectivity index (χ1) is 8.13. The Morgan fingerprint density at radius 3 is 2.59 bits per heavy atom. The van der Waals surface area contributed by atoms with Crippen LogP contribution in [0.25, 0.3) is 0 Å².